The molecule has 0 aromatic carbocycles. The van der Waals surface area contributed by atoms with Crippen LogP contribution in [0.3, 0.4) is 0 Å². The number of nitrogens with one attached hydrogen (secondary N) is 1. The van der Waals surface area contributed by atoms with E-state index < -0.39 is 0 Å². The second-order valence-electron chi connectivity index (χ2n) is 2.86. The molecule has 1 aromatic rings. The van der Waals surface area contributed by atoms with Gasteiger partial charge >= 0.3 is 0 Å². The third-order valence-corrected chi connectivity index (χ3v) is 2.00. The Labute approximate surface area is 91.5 Å². The van der Waals surface area contributed by atoms with E-state index in [1.54, 1.807) is 13.3 Å². The molecule has 0 bridgehead atoms. The van der Waals surface area contributed by atoms with Crippen LogP contribution in [0, 0.1) is 0 Å². The molecule has 1 rings (SSSR count). The molecule has 0 spiro atoms. The molecule has 0 saturated carbocycles. The Balaban J connectivity index is 2.74. The summed E-state index contributed by atoms with van der Waals surface area (Å²) < 4.78 is 5.77. The molecule has 1 aromatic heterocycles. The first-order valence-electron chi connectivity index (χ1n) is 4.08. The summed E-state index contributed by atoms with van der Waals surface area (Å²) in [6.07, 6.45) is 1.65. The van der Waals surface area contributed by atoms with Gasteiger partial charge in [0.15, 0.2) is 0 Å². The molecule has 0 amide bonds. The van der Waals surface area contributed by atoms with E-state index in [4.69, 9.17) is 4.74 Å². The Bertz CT molecular complexity index is 341. The van der Waals surface area contributed by atoms with Gasteiger partial charge in [-0.3, -0.25) is 0 Å². The molecule has 4 nitrogen and oxygen atoms in total. The Morgan fingerprint density at radius 1 is 1.71 bits per heavy atom. The molecule has 0 fully saturated rings. The van der Waals surface area contributed by atoms with Crippen LogP contribution in [-0.4, -0.2) is 23.6 Å². The molecular weight excluding hydrogens is 246 g/mol. The molecule has 0 radical (unpaired) electrons. The van der Waals surface area contributed by atoms with Crippen molar-refractivity contribution in [3.8, 4) is 5.88 Å². The Morgan fingerprint density at radius 2 is 2.43 bits per heavy atom. The second-order valence-corrected chi connectivity index (χ2v) is 3.72. The van der Waals surface area contributed by atoms with Crippen LogP contribution in [0.1, 0.15) is 6.92 Å². The number of nitrogens with zero attached hydrogens (tertiary/aromatic N) is 2. The van der Waals surface area contributed by atoms with Crippen LogP contribution in [0.2, 0.25) is 0 Å². The molecule has 0 aliphatic heterocycles. The van der Waals surface area contributed by atoms with Gasteiger partial charge in [0.2, 0.25) is 11.8 Å². The van der Waals surface area contributed by atoms with Crippen molar-refractivity contribution in [1.29, 1.82) is 0 Å². The zero-order valence-corrected chi connectivity index (χ0v) is 9.76. The van der Waals surface area contributed by atoms with Gasteiger partial charge in [-0.1, -0.05) is 12.2 Å². The number of anilines is 1. The van der Waals surface area contributed by atoms with Crippen LogP contribution < -0.4 is 10.1 Å². The van der Waals surface area contributed by atoms with Gasteiger partial charge in [-0.25, -0.2) is 4.98 Å². The SMILES string of the molecule is C=C(C)CNc1ncc(Br)c(OC)n1. The Kier molecular flexibility index (Phi) is 3.88. The lowest BCUT2D eigenvalue weighted by Gasteiger charge is -2.06. The first-order chi connectivity index (χ1) is 6.63. The first-order valence-corrected chi connectivity index (χ1v) is 4.87. The molecule has 1 heterocycles. The highest BCUT2D eigenvalue weighted by Crippen LogP contribution is 2.21. The highest BCUT2D eigenvalue weighted by atomic mass is 79.9. The highest BCUT2D eigenvalue weighted by molar-refractivity contribution is 9.10. The molecule has 14 heavy (non-hydrogen) atoms. The largest absolute Gasteiger partial charge is 0.480 e. The minimum atomic E-state index is 0.518. The standard InChI is InChI=1S/C9H12BrN3O/c1-6(2)4-11-9-12-5-7(10)8(13-9)14-3/h5H,1,4H2,2-3H3,(H,11,12,13). The fourth-order valence-corrected chi connectivity index (χ4v) is 1.16. The van der Waals surface area contributed by atoms with Crippen molar-refractivity contribution >= 4 is 21.9 Å². The number of rotatable bonds is 4. The lowest BCUT2D eigenvalue weighted by Crippen LogP contribution is -2.06. The lowest BCUT2D eigenvalue weighted by atomic mass is 10.3. The number of hydrogen-bond donors (Lipinski definition) is 1. The zero-order chi connectivity index (χ0) is 10.6. The van der Waals surface area contributed by atoms with Crippen molar-refractivity contribution in [1.82, 2.24) is 9.97 Å². The normalized spacial score (nSPS) is 9.64. The smallest absolute Gasteiger partial charge is 0.232 e. The third-order valence-electron chi connectivity index (χ3n) is 1.45. The van der Waals surface area contributed by atoms with Crippen LogP contribution >= 0.6 is 15.9 Å². The van der Waals surface area contributed by atoms with Crippen molar-refractivity contribution in [2.75, 3.05) is 19.0 Å². The van der Waals surface area contributed by atoms with E-state index >= 15 is 0 Å². The van der Waals surface area contributed by atoms with Gasteiger partial charge in [0.1, 0.15) is 0 Å². The molecule has 0 aliphatic carbocycles. The van der Waals surface area contributed by atoms with Crippen molar-refractivity contribution < 1.29 is 4.74 Å². The third kappa shape index (κ3) is 2.99. The summed E-state index contributed by atoms with van der Waals surface area (Å²) in [5.74, 6) is 1.05. The topological polar surface area (TPSA) is 47.0 Å². The van der Waals surface area contributed by atoms with Crippen LogP contribution in [0.5, 0.6) is 5.88 Å². The molecular formula is C9H12BrN3O. The van der Waals surface area contributed by atoms with Gasteiger partial charge in [-0.15, -0.1) is 0 Å². The fourth-order valence-electron chi connectivity index (χ4n) is 0.810. The first kappa shape index (κ1) is 11.0. The fraction of sp³-hybridized carbons (Fsp3) is 0.333. The number of aromatic nitrogens is 2. The van der Waals surface area contributed by atoms with Crippen LogP contribution in [0.25, 0.3) is 0 Å². The minimum absolute atomic E-state index is 0.518. The van der Waals surface area contributed by atoms with E-state index in [0.717, 1.165) is 10.0 Å². The Morgan fingerprint density at radius 3 is 3.00 bits per heavy atom. The quantitative estimate of drug-likeness (QED) is 0.841. The minimum Gasteiger partial charge on any atom is -0.480 e. The molecule has 76 valence electrons. The van der Waals surface area contributed by atoms with E-state index in [2.05, 4.69) is 37.8 Å². The van der Waals surface area contributed by atoms with Gasteiger partial charge in [0, 0.05) is 6.54 Å². The van der Waals surface area contributed by atoms with Crippen LogP contribution in [0.15, 0.2) is 22.8 Å². The van der Waals surface area contributed by atoms with Crippen molar-refractivity contribution in [3.05, 3.63) is 22.8 Å². The molecule has 0 aliphatic rings. The van der Waals surface area contributed by atoms with E-state index in [1.807, 2.05) is 6.92 Å². The molecule has 0 atom stereocenters. The van der Waals surface area contributed by atoms with Crippen molar-refractivity contribution in [2.45, 2.75) is 6.92 Å². The number of hydrogen-bond acceptors (Lipinski definition) is 4. The number of halogens is 1. The maximum absolute atomic E-state index is 5.03. The summed E-state index contributed by atoms with van der Waals surface area (Å²) in [5, 5.41) is 3.02. The van der Waals surface area contributed by atoms with E-state index in [1.165, 1.54) is 0 Å². The predicted molar refractivity (Wildman–Crippen MR) is 59.6 cm³/mol. The van der Waals surface area contributed by atoms with E-state index in [9.17, 15) is 0 Å². The van der Waals surface area contributed by atoms with Crippen LogP contribution in [0.4, 0.5) is 5.95 Å². The van der Waals surface area contributed by atoms with Crippen molar-refractivity contribution in [3.63, 3.8) is 0 Å². The molecule has 0 saturated heterocycles. The van der Waals surface area contributed by atoms with Gasteiger partial charge in [0.25, 0.3) is 0 Å². The van der Waals surface area contributed by atoms with Crippen molar-refractivity contribution in [2.24, 2.45) is 0 Å². The highest BCUT2D eigenvalue weighted by Gasteiger charge is 2.03. The molecule has 5 heteroatoms. The maximum atomic E-state index is 5.03. The molecule has 1 N–H and O–H groups in total. The zero-order valence-electron chi connectivity index (χ0n) is 8.17. The van der Waals surface area contributed by atoms with E-state index in [0.29, 0.717) is 18.4 Å². The monoisotopic (exact) mass is 257 g/mol. The summed E-state index contributed by atoms with van der Waals surface area (Å²) in [5.41, 5.74) is 1.02. The predicted octanol–water partition coefficient (Wildman–Crippen LogP) is 2.24. The summed E-state index contributed by atoms with van der Waals surface area (Å²) in [6, 6.07) is 0. The average molecular weight is 258 g/mol. The average Bonchev–Trinajstić information content (AvgIpc) is 2.16. The van der Waals surface area contributed by atoms with Crippen LogP contribution in [-0.2, 0) is 0 Å². The summed E-state index contributed by atoms with van der Waals surface area (Å²) in [7, 11) is 1.57. The molecule has 0 unspecified atom stereocenters. The maximum Gasteiger partial charge on any atom is 0.232 e. The summed E-state index contributed by atoms with van der Waals surface area (Å²) >= 11 is 3.28. The number of methoxy groups -OCH3 is 1. The number of ether oxygens (including phenoxy) is 1. The summed E-state index contributed by atoms with van der Waals surface area (Å²) in [6.45, 7) is 6.36. The van der Waals surface area contributed by atoms with Gasteiger partial charge in [-0.2, -0.15) is 4.98 Å². The second kappa shape index (κ2) is 4.95. The Hall–Kier alpha value is -1.10. The van der Waals surface area contributed by atoms with E-state index in [-0.39, 0.29) is 0 Å². The van der Waals surface area contributed by atoms with Gasteiger partial charge in [-0.05, 0) is 22.9 Å². The summed E-state index contributed by atoms with van der Waals surface area (Å²) in [4.78, 5) is 8.20. The van der Waals surface area contributed by atoms with Gasteiger partial charge < -0.3 is 10.1 Å². The lowest BCUT2D eigenvalue weighted by molar-refractivity contribution is 0.394. The van der Waals surface area contributed by atoms with Gasteiger partial charge in [0.05, 0.1) is 17.8 Å².